The number of carbonyl (C=O) groups excluding carboxylic acids is 1. The highest BCUT2D eigenvalue weighted by Gasteiger charge is 2.32. The lowest BCUT2D eigenvalue weighted by Gasteiger charge is -2.28. The van der Waals surface area contributed by atoms with Crippen LogP contribution < -0.4 is 4.74 Å². The number of hydrogen-bond acceptors (Lipinski definition) is 5. The van der Waals surface area contributed by atoms with Gasteiger partial charge in [-0.05, 0) is 45.7 Å². The first-order valence-electron chi connectivity index (χ1n) is 7.63. The van der Waals surface area contributed by atoms with Gasteiger partial charge in [0.25, 0.3) is 5.69 Å². The van der Waals surface area contributed by atoms with Gasteiger partial charge in [-0.2, -0.15) is 0 Å². The number of carbonyl (C=O) groups is 1. The van der Waals surface area contributed by atoms with Crippen LogP contribution in [-0.4, -0.2) is 40.7 Å². The Kier molecular flexibility index (Phi) is 5.08. The summed E-state index contributed by atoms with van der Waals surface area (Å²) in [5.74, 6) is 0.548. The molecule has 1 fully saturated rings. The molecule has 0 aromatic heterocycles. The third-order valence-corrected chi connectivity index (χ3v) is 3.50. The summed E-state index contributed by atoms with van der Waals surface area (Å²) < 4.78 is 11.1. The zero-order chi connectivity index (χ0) is 17.0. The van der Waals surface area contributed by atoms with Gasteiger partial charge in [-0.1, -0.05) is 0 Å². The van der Waals surface area contributed by atoms with Crippen molar-refractivity contribution in [3.05, 3.63) is 34.4 Å². The number of nitrogens with zero attached hydrogens (tertiary/aromatic N) is 2. The van der Waals surface area contributed by atoms with Crippen molar-refractivity contribution in [3.63, 3.8) is 0 Å². The average molecular weight is 322 g/mol. The van der Waals surface area contributed by atoms with Crippen LogP contribution in [0.3, 0.4) is 0 Å². The molecular weight excluding hydrogens is 300 g/mol. The Hall–Kier alpha value is -2.31. The van der Waals surface area contributed by atoms with Gasteiger partial charge in [0.15, 0.2) is 0 Å². The standard InChI is InChI=1S/C16H22N2O5/c1-16(2,3)23-15(19)17-10-4-5-13(17)11-22-14-8-6-12(7-9-14)18(20)21/h6-9,13H,4-5,10-11H2,1-3H3/t13-/m0/s1. The lowest BCUT2D eigenvalue weighted by molar-refractivity contribution is -0.384. The molecule has 126 valence electrons. The van der Waals surface area contributed by atoms with E-state index in [2.05, 4.69) is 0 Å². The summed E-state index contributed by atoms with van der Waals surface area (Å²) in [6.07, 6.45) is 1.44. The van der Waals surface area contributed by atoms with E-state index in [1.165, 1.54) is 12.1 Å². The summed E-state index contributed by atoms with van der Waals surface area (Å²) >= 11 is 0. The zero-order valence-corrected chi connectivity index (χ0v) is 13.7. The minimum absolute atomic E-state index is 0.0218. The van der Waals surface area contributed by atoms with Gasteiger partial charge in [0.2, 0.25) is 0 Å². The van der Waals surface area contributed by atoms with Crippen LogP contribution in [0.4, 0.5) is 10.5 Å². The molecule has 0 unspecified atom stereocenters. The molecule has 0 bridgehead atoms. The van der Waals surface area contributed by atoms with Crippen LogP contribution in [0.2, 0.25) is 0 Å². The van der Waals surface area contributed by atoms with Crippen LogP contribution >= 0.6 is 0 Å². The second-order valence-electron chi connectivity index (χ2n) is 6.53. The molecule has 0 spiro atoms. The highest BCUT2D eigenvalue weighted by molar-refractivity contribution is 5.69. The fourth-order valence-corrected chi connectivity index (χ4v) is 2.43. The predicted molar refractivity (Wildman–Crippen MR) is 84.6 cm³/mol. The Morgan fingerprint density at radius 1 is 1.35 bits per heavy atom. The Morgan fingerprint density at radius 2 is 2.00 bits per heavy atom. The summed E-state index contributed by atoms with van der Waals surface area (Å²) in [4.78, 5) is 24.0. The molecule has 0 saturated carbocycles. The number of hydrogen-bond donors (Lipinski definition) is 0. The van der Waals surface area contributed by atoms with Crippen molar-refractivity contribution in [2.45, 2.75) is 45.3 Å². The van der Waals surface area contributed by atoms with Crippen molar-refractivity contribution in [2.24, 2.45) is 0 Å². The van der Waals surface area contributed by atoms with Crippen molar-refractivity contribution in [1.82, 2.24) is 4.90 Å². The van der Waals surface area contributed by atoms with Crippen molar-refractivity contribution < 1.29 is 19.2 Å². The number of ether oxygens (including phenoxy) is 2. The molecule has 7 heteroatoms. The van der Waals surface area contributed by atoms with Crippen molar-refractivity contribution >= 4 is 11.8 Å². The Morgan fingerprint density at radius 3 is 2.57 bits per heavy atom. The topological polar surface area (TPSA) is 81.9 Å². The molecule has 2 rings (SSSR count). The van der Waals surface area contributed by atoms with Crippen molar-refractivity contribution in [1.29, 1.82) is 0 Å². The fraction of sp³-hybridized carbons (Fsp3) is 0.562. The number of benzene rings is 1. The number of rotatable bonds is 4. The van der Waals surface area contributed by atoms with E-state index in [9.17, 15) is 14.9 Å². The first-order chi connectivity index (χ1) is 10.8. The molecule has 1 heterocycles. The maximum Gasteiger partial charge on any atom is 0.410 e. The van der Waals surface area contributed by atoms with Gasteiger partial charge >= 0.3 is 6.09 Å². The van der Waals surface area contributed by atoms with Crippen LogP contribution in [-0.2, 0) is 4.74 Å². The zero-order valence-electron chi connectivity index (χ0n) is 13.7. The minimum atomic E-state index is -0.524. The molecule has 1 aliphatic rings. The van der Waals surface area contributed by atoms with Crippen molar-refractivity contribution in [3.8, 4) is 5.75 Å². The third-order valence-electron chi connectivity index (χ3n) is 3.50. The third kappa shape index (κ3) is 4.84. The molecular formula is C16H22N2O5. The summed E-state index contributed by atoms with van der Waals surface area (Å²) in [5, 5.41) is 10.6. The number of nitro benzene ring substituents is 1. The van der Waals surface area contributed by atoms with Gasteiger partial charge in [0.05, 0.1) is 11.0 Å². The van der Waals surface area contributed by atoms with Crippen LogP contribution in [0.1, 0.15) is 33.6 Å². The van der Waals surface area contributed by atoms with E-state index in [1.54, 1.807) is 17.0 Å². The number of amides is 1. The molecule has 0 aliphatic carbocycles. The predicted octanol–water partition coefficient (Wildman–Crippen LogP) is 3.37. The molecule has 1 aliphatic heterocycles. The van der Waals surface area contributed by atoms with E-state index >= 15 is 0 Å². The maximum atomic E-state index is 12.2. The van der Waals surface area contributed by atoms with Gasteiger partial charge in [-0.25, -0.2) is 4.79 Å². The Bertz CT molecular complexity index is 565. The number of nitro groups is 1. The number of non-ortho nitro benzene ring substituents is 1. The van der Waals surface area contributed by atoms with E-state index in [0.717, 1.165) is 12.8 Å². The Balaban J connectivity index is 1.91. The van der Waals surface area contributed by atoms with E-state index < -0.39 is 10.5 Å². The lowest BCUT2D eigenvalue weighted by Crippen LogP contribution is -2.42. The number of likely N-dealkylation sites (tertiary alicyclic amines) is 1. The van der Waals surface area contributed by atoms with Gasteiger partial charge < -0.3 is 14.4 Å². The second-order valence-corrected chi connectivity index (χ2v) is 6.53. The molecule has 1 saturated heterocycles. The molecule has 7 nitrogen and oxygen atoms in total. The fourth-order valence-electron chi connectivity index (χ4n) is 2.43. The summed E-state index contributed by atoms with van der Waals surface area (Å²) in [7, 11) is 0. The van der Waals surface area contributed by atoms with Gasteiger partial charge in [-0.3, -0.25) is 10.1 Å². The van der Waals surface area contributed by atoms with Crippen LogP contribution in [0.5, 0.6) is 5.75 Å². The van der Waals surface area contributed by atoms with Gasteiger partial charge in [0.1, 0.15) is 18.0 Å². The van der Waals surface area contributed by atoms with Crippen LogP contribution in [0.15, 0.2) is 24.3 Å². The Labute approximate surface area is 135 Å². The van der Waals surface area contributed by atoms with Gasteiger partial charge in [-0.15, -0.1) is 0 Å². The smallest absolute Gasteiger partial charge is 0.410 e. The normalized spacial score (nSPS) is 17.9. The van der Waals surface area contributed by atoms with E-state index in [4.69, 9.17) is 9.47 Å². The second kappa shape index (κ2) is 6.85. The first kappa shape index (κ1) is 17.1. The van der Waals surface area contributed by atoms with E-state index in [-0.39, 0.29) is 17.8 Å². The lowest BCUT2D eigenvalue weighted by atomic mass is 10.2. The first-order valence-corrected chi connectivity index (χ1v) is 7.63. The van der Waals surface area contributed by atoms with Crippen LogP contribution in [0.25, 0.3) is 0 Å². The SMILES string of the molecule is CC(C)(C)OC(=O)N1CCC[C@H]1COc1ccc([N+](=O)[O-])cc1. The highest BCUT2D eigenvalue weighted by atomic mass is 16.6. The summed E-state index contributed by atoms with van der Waals surface area (Å²) in [6.45, 7) is 6.51. The monoisotopic (exact) mass is 322 g/mol. The quantitative estimate of drug-likeness (QED) is 0.627. The average Bonchev–Trinajstić information content (AvgIpc) is 2.92. The molecule has 1 aromatic rings. The van der Waals surface area contributed by atoms with Crippen LogP contribution in [0, 0.1) is 10.1 Å². The molecule has 0 N–H and O–H groups in total. The largest absolute Gasteiger partial charge is 0.491 e. The van der Waals surface area contributed by atoms with E-state index in [0.29, 0.717) is 18.9 Å². The van der Waals surface area contributed by atoms with Crippen molar-refractivity contribution in [2.75, 3.05) is 13.2 Å². The minimum Gasteiger partial charge on any atom is -0.491 e. The highest BCUT2D eigenvalue weighted by Crippen LogP contribution is 2.23. The van der Waals surface area contributed by atoms with Gasteiger partial charge in [0, 0.05) is 18.7 Å². The van der Waals surface area contributed by atoms with E-state index in [1.807, 2.05) is 20.8 Å². The summed E-state index contributed by atoms with van der Waals surface area (Å²) in [6, 6.07) is 5.88. The molecule has 1 aromatic carbocycles. The maximum absolute atomic E-state index is 12.2. The summed E-state index contributed by atoms with van der Waals surface area (Å²) in [5.41, 5.74) is -0.503. The molecule has 1 atom stereocenters. The molecule has 1 amide bonds. The molecule has 0 radical (unpaired) electrons. The molecule has 23 heavy (non-hydrogen) atoms.